The van der Waals surface area contributed by atoms with Crippen molar-refractivity contribution in [1.29, 1.82) is 0 Å². The Morgan fingerprint density at radius 1 is 1.24 bits per heavy atom. The number of nitrogens with zero attached hydrogens (tertiary/aromatic N) is 1. The molecule has 1 aromatic heterocycles. The summed E-state index contributed by atoms with van der Waals surface area (Å²) in [4.78, 5) is 5.85. The minimum absolute atomic E-state index is 0.0126. The van der Waals surface area contributed by atoms with Crippen LogP contribution in [0.2, 0.25) is 0 Å². The molecule has 0 radical (unpaired) electrons. The highest BCUT2D eigenvalue weighted by Crippen LogP contribution is 2.45. The predicted octanol–water partition coefficient (Wildman–Crippen LogP) is 3.63. The molecule has 2 nitrogen and oxygen atoms in total. The van der Waals surface area contributed by atoms with Gasteiger partial charge in [0, 0.05) is 11.3 Å². The topological polar surface area (TPSA) is 33.1 Å². The fourth-order valence-corrected chi connectivity index (χ4v) is 3.79. The van der Waals surface area contributed by atoms with Gasteiger partial charge in [-0.15, -0.1) is 11.3 Å². The van der Waals surface area contributed by atoms with Crippen molar-refractivity contribution in [2.24, 2.45) is 5.41 Å². The van der Waals surface area contributed by atoms with Crippen molar-refractivity contribution >= 4 is 11.3 Å². The smallest absolute Gasteiger partial charge is 0.0959 e. The van der Waals surface area contributed by atoms with E-state index in [0.717, 1.165) is 36.4 Å². The number of aromatic nitrogens is 1. The van der Waals surface area contributed by atoms with Gasteiger partial charge in [-0.05, 0) is 32.1 Å². The summed E-state index contributed by atoms with van der Waals surface area (Å²) >= 11 is 1.74. The maximum absolute atomic E-state index is 10.9. The van der Waals surface area contributed by atoms with Gasteiger partial charge in [-0.3, -0.25) is 0 Å². The number of aliphatic hydroxyl groups is 1. The van der Waals surface area contributed by atoms with Crippen molar-refractivity contribution < 1.29 is 5.11 Å². The largest absolute Gasteiger partial charge is 0.389 e. The molecular formula is C14H23NOS. The Kier molecular flexibility index (Phi) is 3.34. The molecule has 96 valence electrons. The lowest BCUT2D eigenvalue weighted by Crippen LogP contribution is -2.48. The molecule has 1 saturated carbocycles. The molecule has 1 aromatic rings. The second-order valence-corrected chi connectivity index (χ2v) is 7.34. The molecule has 1 atom stereocenters. The summed E-state index contributed by atoms with van der Waals surface area (Å²) in [5.74, 6) is 0. The van der Waals surface area contributed by atoms with E-state index in [1.807, 2.05) is 6.92 Å². The summed E-state index contributed by atoms with van der Waals surface area (Å²) in [6, 6.07) is 0. The molecule has 1 aliphatic rings. The summed E-state index contributed by atoms with van der Waals surface area (Å²) in [6.07, 6.45) is 5.14. The number of thiazole rings is 1. The fraction of sp³-hybridized carbons (Fsp3) is 0.786. The molecule has 0 spiro atoms. The van der Waals surface area contributed by atoms with E-state index in [0.29, 0.717) is 0 Å². The zero-order valence-corrected chi connectivity index (χ0v) is 12.2. The van der Waals surface area contributed by atoms with E-state index in [2.05, 4.69) is 25.8 Å². The van der Waals surface area contributed by atoms with Gasteiger partial charge < -0.3 is 5.11 Å². The predicted molar refractivity (Wildman–Crippen MR) is 72.5 cm³/mol. The van der Waals surface area contributed by atoms with Crippen LogP contribution < -0.4 is 0 Å². The van der Waals surface area contributed by atoms with Crippen molar-refractivity contribution in [3.05, 3.63) is 15.6 Å². The maximum Gasteiger partial charge on any atom is 0.0959 e. The third-order valence-electron chi connectivity index (χ3n) is 4.42. The minimum atomic E-state index is -0.567. The molecule has 1 N–H and O–H groups in total. The van der Waals surface area contributed by atoms with E-state index in [4.69, 9.17) is 0 Å². The Morgan fingerprint density at radius 2 is 1.88 bits per heavy atom. The van der Waals surface area contributed by atoms with E-state index in [1.165, 1.54) is 11.3 Å². The van der Waals surface area contributed by atoms with E-state index in [-0.39, 0.29) is 5.41 Å². The standard InChI is InChI=1S/C14H23NOS/c1-10-11(2)17-12(15-10)9-14(16)8-6-5-7-13(14,3)4/h16H,5-9H2,1-4H3. The van der Waals surface area contributed by atoms with Crippen LogP contribution in [0.5, 0.6) is 0 Å². The number of hydrogen-bond acceptors (Lipinski definition) is 3. The fourth-order valence-electron chi connectivity index (χ4n) is 2.75. The van der Waals surface area contributed by atoms with Gasteiger partial charge in [0.25, 0.3) is 0 Å². The minimum Gasteiger partial charge on any atom is -0.389 e. The van der Waals surface area contributed by atoms with Crippen LogP contribution in [0.1, 0.15) is 55.1 Å². The Hall–Kier alpha value is -0.410. The van der Waals surface area contributed by atoms with Crippen molar-refractivity contribution in [3.63, 3.8) is 0 Å². The molecule has 0 amide bonds. The molecule has 0 saturated heterocycles. The second-order valence-electron chi connectivity index (χ2n) is 6.05. The second kappa shape index (κ2) is 4.36. The zero-order chi connectivity index (χ0) is 12.7. The highest BCUT2D eigenvalue weighted by atomic mass is 32.1. The van der Waals surface area contributed by atoms with Gasteiger partial charge in [0.15, 0.2) is 0 Å². The quantitative estimate of drug-likeness (QED) is 0.873. The van der Waals surface area contributed by atoms with E-state index in [9.17, 15) is 5.11 Å². The SMILES string of the molecule is Cc1nc(CC2(O)CCCCC2(C)C)sc1C. The summed E-state index contributed by atoms with van der Waals surface area (Å²) in [7, 11) is 0. The van der Waals surface area contributed by atoms with Gasteiger partial charge in [-0.2, -0.15) is 0 Å². The lowest BCUT2D eigenvalue weighted by Gasteiger charge is -2.46. The van der Waals surface area contributed by atoms with Crippen LogP contribution in [0.4, 0.5) is 0 Å². The van der Waals surface area contributed by atoms with E-state index < -0.39 is 5.60 Å². The molecule has 0 aliphatic heterocycles. The number of rotatable bonds is 2. The molecule has 0 bridgehead atoms. The Morgan fingerprint density at radius 3 is 2.41 bits per heavy atom. The molecule has 1 fully saturated rings. The van der Waals surface area contributed by atoms with Gasteiger partial charge >= 0.3 is 0 Å². The molecule has 1 heterocycles. The zero-order valence-electron chi connectivity index (χ0n) is 11.3. The number of hydrogen-bond donors (Lipinski definition) is 1. The highest BCUT2D eigenvalue weighted by molar-refractivity contribution is 7.11. The van der Waals surface area contributed by atoms with Gasteiger partial charge in [-0.1, -0.05) is 26.7 Å². The van der Waals surface area contributed by atoms with Crippen LogP contribution in [-0.4, -0.2) is 15.7 Å². The van der Waals surface area contributed by atoms with Crippen LogP contribution in [0.15, 0.2) is 0 Å². The summed E-state index contributed by atoms with van der Waals surface area (Å²) in [6.45, 7) is 8.54. The van der Waals surface area contributed by atoms with E-state index in [1.54, 1.807) is 11.3 Å². The van der Waals surface area contributed by atoms with Crippen LogP contribution in [-0.2, 0) is 6.42 Å². The van der Waals surface area contributed by atoms with Crippen molar-refractivity contribution in [1.82, 2.24) is 4.98 Å². The highest BCUT2D eigenvalue weighted by Gasteiger charge is 2.45. The number of aryl methyl sites for hydroxylation is 2. The first kappa shape index (κ1) is 13.0. The van der Waals surface area contributed by atoms with Gasteiger partial charge in [-0.25, -0.2) is 4.98 Å². The summed E-state index contributed by atoms with van der Waals surface area (Å²) < 4.78 is 0. The Balaban J connectivity index is 2.21. The van der Waals surface area contributed by atoms with Crippen LogP contribution in [0.3, 0.4) is 0 Å². The summed E-state index contributed by atoms with van der Waals surface area (Å²) in [5, 5.41) is 12.0. The first-order chi connectivity index (χ1) is 7.84. The van der Waals surface area contributed by atoms with Gasteiger partial charge in [0.2, 0.25) is 0 Å². The molecule has 0 aromatic carbocycles. The van der Waals surface area contributed by atoms with Gasteiger partial charge in [0.1, 0.15) is 0 Å². The van der Waals surface area contributed by atoms with Crippen molar-refractivity contribution in [2.75, 3.05) is 0 Å². The lowest BCUT2D eigenvalue weighted by molar-refractivity contribution is -0.0958. The molecule has 2 rings (SSSR count). The lowest BCUT2D eigenvalue weighted by atomic mass is 9.64. The summed E-state index contributed by atoms with van der Waals surface area (Å²) in [5.41, 5.74) is 0.558. The van der Waals surface area contributed by atoms with Crippen LogP contribution in [0.25, 0.3) is 0 Å². The Labute approximate surface area is 108 Å². The molecule has 17 heavy (non-hydrogen) atoms. The third kappa shape index (κ3) is 2.41. The van der Waals surface area contributed by atoms with Crippen molar-refractivity contribution in [2.45, 2.75) is 65.4 Å². The van der Waals surface area contributed by atoms with Crippen molar-refractivity contribution in [3.8, 4) is 0 Å². The normalized spacial score (nSPS) is 28.3. The molecule has 1 aliphatic carbocycles. The van der Waals surface area contributed by atoms with Crippen LogP contribution in [0, 0.1) is 19.3 Å². The monoisotopic (exact) mass is 253 g/mol. The molecular weight excluding hydrogens is 230 g/mol. The molecule has 3 heteroatoms. The van der Waals surface area contributed by atoms with E-state index >= 15 is 0 Å². The average Bonchev–Trinajstić information content (AvgIpc) is 2.51. The van der Waals surface area contributed by atoms with Gasteiger partial charge in [0.05, 0.1) is 16.3 Å². The Bertz CT molecular complexity index is 391. The first-order valence-corrected chi connectivity index (χ1v) is 7.31. The average molecular weight is 253 g/mol. The first-order valence-electron chi connectivity index (χ1n) is 6.49. The van der Waals surface area contributed by atoms with Crippen LogP contribution >= 0.6 is 11.3 Å². The third-order valence-corrected chi connectivity index (χ3v) is 5.49. The molecule has 1 unspecified atom stereocenters. The maximum atomic E-state index is 10.9.